The molecule has 0 aromatic heterocycles. The SMILES string of the molecule is C[C@@H]1CCCC[C@@]12NC(=O)N(CN(Cc1ccccc1)CC(F)(F)F)C2=O. The molecule has 1 heterocycles. The topological polar surface area (TPSA) is 52.7 Å². The molecule has 1 N–H and O–H groups in total. The normalized spacial score (nSPS) is 26.1. The highest BCUT2D eigenvalue weighted by molar-refractivity contribution is 6.07. The predicted molar refractivity (Wildman–Crippen MR) is 93.5 cm³/mol. The molecule has 5 nitrogen and oxygen atoms in total. The first kappa shape index (κ1) is 19.7. The molecule has 1 aliphatic heterocycles. The Hall–Kier alpha value is -2.09. The van der Waals surface area contributed by atoms with Gasteiger partial charge in [0.1, 0.15) is 5.54 Å². The van der Waals surface area contributed by atoms with E-state index < -0.39 is 30.2 Å². The molecule has 1 aromatic rings. The molecule has 1 saturated heterocycles. The third kappa shape index (κ3) is 4.26. The number of urea groups is 1. The number of nitrogens with one attached hydrogen (secondary N) is 1. The minimum absolute atomic E-state index is 0.0000361. The van der Waals surface area contributed by atoms with Gasteiger partial charge in [-0.2, -0.15) is 13.2 Å². The lowest BCUT2D eigenvalue weighted by Crippen LogP contribution is -2.54. The molecule has 2 aliphatic rings. The summed E-state index contributed by atoms with van der Waals surface area (Å²) in [5.74, 6) is -0.433. The number of halogens is 3. The number of carbonyl (C=O) groups is 2. The number of hydrogen-bond acceptors (Lipinski definition) is 3. The standard InChI is InChI=1S/C19H24F3N3O2/c1-14-7-5-6-10-18(14)16(26)25(17(27)23-18)13-24(12-19(20,21)22)11-15-8-3-2-4-9-15/h2-4,8-9,14H,5-7,10-13H2,1H3,(H,23,27)/t14-,18-/m1/s1. The predicted octanol–water partition coefficient (Wildman–Crippen LogP) is 3.51. The van der Waals surface area contributed by atoms with Crippen LogP contribution >= 0.6 is 0 Å². The quantitative estimate of drug-likeness (QED) is 0.792. The summed E-state index contributed by atoms with van der Waals surface area (Å²) in [7, 11) is 0. The second-order valence-corrected chi connectivity index (χ2v) is 7.51. The third-order valence-corrected chi connectivity index (χ3v) is 5.49. The minimum Gasteiger partial charge on any atom is -0.323 e. The molecule has 3 amide bonds. The maximum absolute atomic E-state index is 13.0. The zero-order chi connectivity index (χ0) is 19.7. The van der Waals surface area contributed by atoms with Crippen LogP contribution in [0.25, 0.3) is 0 Å². The van der Waals surface area contributed by atoms with Crippen LogP contribution in [0, 0.1) is 5.92 Å². The summed E-state index contributed by atoms with van der Waals surface area (Å²) in [6, 6.07) is 8.11. The lowest BCUT2D eigenvalue weighted by atomic mass is 9.73. The fourth-order valence-corrected chi connectivity index (χ4v) is 4.07. The van der Waals surface area contributed by atoms with Gasteiger partial charge < -0.3 is 5.32 Å². The Morgan fingerprint density at radius 3 is 2.56 bits per heavy atom. The summed E-state index contributed by atoms with van der Waals surface area (Å²) >= 11 is 0. The molecule has 148 valence electrons. The van der Waals surface area contributed by atoms with E-state index in [-0.39, 0.29) is 19.1 Å². The Kier molecular flexibility index (Phi) is 5.46. The molecule has 3 rings (SSSR count). The lowest BCUT2D eigenvalue weighted by molar-refractivity contribution is -0.154. The van der Waals surface area contributed by atoms with Crippen molar-refractivity contribution in [2.24, 2.45) is 5.92 Å². The molecule has 1 aliphatic carbocycles. The maximum atomic E-state index is 13.0. The molecule has 27 heavy (non-hydrogen) atoms. The van der Waals surface area contributed by atoms with Gasteiger partial charge in [-0.05, 0) is 24.3 Å². The van der Waals surface area contributed by atoms with E-state index in [0.717, 1.165) is 29.1 Å². The molecule has 1 spiro atoms. The molecule has 2 fully saturated rings. The van der Waals surface area contributed by atoms with Crippen molar-refractivity contribution in [2.45, 2.75) is 50.9 Å². The summed E-state index contributed by atoms with van der Waals surface area (Å²) in [5.41, 5.74) is -0.277. The first-order valence-corrected chi connectivity index (χ1v) is 9.18. The highest BCUT2D eigenvalue weighted by Gasteiger charge is 2.55. The van der Waals surface area contributed by atoms with E-state index in [1.54, 1.807) is 30.3 Å². The van der Waals surface area contributed by atoms with Crippen molar-refractivity contribution in [3.05, 3.63) is 35.9 Å². The number of nitrogens with zero attached hydrogens (tertiary/aromatic N) is 2. The lowest BCUT2D eigenvalue weighted by Gasteiger charge is -2.37. The Morgan fingerprint density at radius 1 is 1.22 bits per heavy atom. The Labute approximate surface area is 156 Å². The number of carbonyl (C=O) groups excluding carboxylic acids is 2. The van der Waals surface area contributed by atoms with Gasteiger partial charge in [-0.1, -0.05) is 50.1 Å². The van der Waals surface area contributed by atoms with Crippen LogP contribution in [0.4, 0.5) is 18.0 Å². The van der Waals surface area contributed by atoms with Crippen molar-refractivity contribution < 1.29 is 22.8 Å². The summed E-state index contributed by atoms with van der Waals surface area (Å²) in [5, 5.41) is 2.78. The molecular weight excluding hydrogens is 359 g/mol. The summed E-state index contributed by atoms with van der Waals surface area (Å²) < 4.78 is 39.1. The van der Waals surface area contributed by atoms with E-state index in [2.05, 4.69) is 5.32 Å². The number of rotatable bonds is 5. The van der Waals surface area contributed by atoms with Gasteiger partial charge in [0.05, 0.1) is 13.2 Å². The number of hydrogen-bond donors (Lipinski definition) is 1. The molecule has 8 heteroatoms. The van der Waals surface area contributed by atoms with Crippen molar-refractivity contribution in [3.8, 4) is 0 Å². The van der Waals surface area contributed by atoms with Crippen LogP contribution in [0.2, 0.25) is 0 Å². The van der Waals surface area contributed by atoms with Crippen LogP contribution in [0.1, 0.15) is 38.2 Å². The highest BCUT2D eigenvalue weighted by Crippen LogP contribution is 2.38. The van der Waals surface area contributed by atoms with Crippen LogP contribution in [-0.2, 0) is 11.3 Å². The largest absolute Gasteiger partial charge is 0.401 e. The van der Waals surface area contributed by atoms with E-state index >= 15 is 0 Å². The zero-order valence-corrected chi connectivity index (χ0v) is 15.3. The Bertz CT molecular complexity index is 695. The Morgan fingerprint density at radius 2 is 1.93 bits per heavy atom. The second kappa shape index (κ2) is 7.50. The Balaban J connectivity index is 1.78. The first-order valence-electron chi connectivity index (χ1n) is 9.18. The van der Waals surface area contributed by atoms with Gasteiger partial charge in [0.15, 0.2) is 0 Å². The number of benzene rings is 1. The maximum Gasteiger partial charge on any atom is 0.401 e. The molecule has 2 atom stereocenters. The molecule has 0 unspecified atom stereocenters. The smallest absolute Gasteiger partial charge is 0.323 e. The van der Waals surface area contributed by atoms with Crippen molar-refractivity contribution >= 4 is 11.9 Å². The van der Waals surface area contributed by atoms with Gasteiger partial charge in [0, 0.05) is 6.54 Å². The van der Waals surface area contributed by atoms with Gasteiger partial charge in [0.2, 0.25) is 0 Å². The number of imide groups is 1. The van der Waals surface area contributed by atoms with Crippen molar-refractivity contribution in [2.75, 3.05) is 13.2 Å². The fourth-order valence-electron chi connectivity index (χ4n) is 4.07. The van der Waals surface area contributed by atoms with Crippen LogP contribution < -0.4 is 5.32 Å². The highest BCUT2D eigenvalue weighted by atomic mass is 19.4. The van der Waals surface area contributed by atoms with Crippen LogP contribution in [0.3, 0.4) is 0 Å². The average Bonchev–Trinajstić information content (AvgIpc) is 2.82. The van der Waals surface area contributed by atoms with Crippen LogP contribution in [0.5, 0.6) is 0 Å². The van der Waals surface area contributed by atoms with Gasteiger partial charge in [0.25, 0.3) is 5.91 Å². The minimum atomic E-state index is -4.43. The van der Waals surface area contributed by atoms with Crippen molar-refractivity contribution in [1.82, 2.24) is 15.1 Å². The van der Waals surface area contributed by atoms with Gasteiger partial charge in [-0.25, -0.2) is 9.69 Å². The number of alkyl halides is 3. The summed E-state index contributed by atoms with van der Waals surface area (Å²) in [6.45, 7) is 0.341. The molecule has 1 saturated carbocycles. The van der Waals surface area contributed by atoms with Crippen LogP contribution in [0.15, 0.2) is 30.3 Å². The van der Waals surface area contributed by atoms with Crippen molar-refractivity contribution in [3.63, 3.8) is 0 Å². The monoisotopic (exact) mass is 383 g/mol. The number of amides is 3. The van der Waals surface area contributed by atoms with E-state index in [1.165, 1.54) is 0 Å². The summed E-state index contributed by atoms with van der Waals surface area (Å²) in [6.07, 6.45) is -1.27. The van der Waals surface area contributed by atoms with Crippen molar-refractivity contribution in [1.29, 1.82) is 0 Å². The molecular formula is C19H24F3N3O2. The van der Waals surface area contributed by atoms with Gasteiger partial charge in [-0.15, -0.1) is 0 Å². The second-order valence-electron chi connectivity index (χ2n) is 7.51. The van der Waals surface area contributed by atoms with Gasteiger partial charge >= 0.3 is 12.2 Å². The zero-order valence-electron chi connectivity index (χ0n) is 15.3. The molecule has 0 bridgehead atoms. The van der Waals surface area contributed by atoms with E-state index in [4.69, 9.17) is 0 Å². The van der Waals surface area contributed by atoms with E-state index in [1.807, 2.05) is 6.92 Å². The first-order chi connectivity index (χ1) is 12.7. The fraction of sp³-hybridized carbons (Fsp3) is 0.579. The van der Waals surface area contributed by atoms with E-state index in [9.17, 15) is 22.8 Å². The summed E-state index contributed by atoms with van der Waals surface area (Å²) in [4.78, 5) is 27.5. The van der Waals surface area contributed by atoms with Gasteiger partial charge in [-0.3, -0.25) is 9.69 Å². The third-order valence-electron chi connectivity index (χ3n) is 5.49. The molecule has 0 radical (unpaired) electrons. The molecule has 1 aromatic carbocycles. The van der Waals surface area contributed by atoms with E-state index in [0.29, 0.717) is 12.0 Å². The average molecular weight is 383 g/mol. The van der Waals surface area contributed by atoms with Crippen LogP contribution in [-0.4, -0.2) is 46.7 Å².